The molecular weight excluding hydrogens is 394 g/mol. The fourth-order valence-electron chi connectivity index (χ4n) is 4.56. The molecule has 3 amide bonds. The second-order valence-electron chi connectivity index (χ2n) is 9.06. The van der Waals surface area contributed by atoms with Crippen LogP contribution in [0.4, 0.5) is 4.79 Å². The minimum Gasteiger partial charge on any atom is -0.452 e. The van der Waals surface area contributed by atoms with Gasteiger partial charge in [-0.2, -0.15) is 0 Å². The van der Waals surface area contributed by atoms with Gasteiger partial charge in [-0.05, 0) is 42.2 Å². The number of pyridine rings is 1. The van der Waals surface area contributed by atoms with E-state index in [1.165, 1.54) is 0 Å². The van der Waals surface area contributed by atoms with E-state index >= 15 is 0 Å². The van der Waals surface area contributed by atoms with Gasteiger partial charge in [-0.3, -0.25) is 14.7 Å². The van der Waals surface area contributed by atoms with Crippen molar-refractivity contribution < 1.29 is 19.1 Å². The van der Waals surface area contributed by atoms with Crippen molar-refractivity contribution in [2.75, 3.05) is 19.7 Å². The van der Waals surface area contributed by atoms with Crippen molar-refractivity contribution in [2.45, 2.75) is 46.5 Å². The number of aryl methyl sites for hydroxylation is 1. The number of imide groups is 1. The number of benzene rings is 1. The molecule has 2 heterocycles. The maximum atomic E-state index is 13.2. The number of fused-ring (bicyclic) bond motifs is 2. The van der Waals surface area contributed by atoms with Crippen LogP contribution >= 0.6 is 0 Å². The number of hydrogen-bond donors (Lipinski definition) is 1. The summed E-state index contributed by atoms with van der Waals surface area (Å²) in [7, 11) is 0. The Morgan fingerprint density at radius 1 is 1.29 bits per heavy atom. The van der Waals surface area contributed by atoms with E-state index in [0.717, 1.165) is 52.7 Å². The van der Waals surface area contributed by atoms with E-state index in [1.54, 1.807) is 0 Å². The van der Waals surface area contributed by atoms with Crippen LogP contribution in [-0.4, -0.2) is 47.5 Å². The normalized spacial score (nSPS) is 18.6. The lowest BCUT2D eigenvalue weighted by molar-refractivity contribution is -0.130. The Morgan fingerprint density at radius 2 is 2.06 bits per heavy atom. The number of urea groups is 1. The van der Waals surface area contributed by atoms with Gasteiger partial charge in [0.15, 0.2) is 6.61 Å². The van der Waals surface area contributed by atoms with E-state index < -0.39 is 24.5 Å². The van der Waals surface area contributed by atoms with Gasteiger partial charge >= 0.3 is 12.0 Å². The third kappa shape index (κ3) is 4.01. The Kier molecular flexibility index (Phi) is 5.69. The number of hydrogen-bond acceptors (Lipinski definition) is 5. The molecule has 1 aromatic carbocycles. The van der Waals surface area contributed by atoms with Gasteiger partial charge in [0.25, 0.3) is 5.91 Å². The summed E-state index contributed by atoms with van der Waals surface area (Å²) >= 11 is 0. The maximum absolute atomic E-state index is 13.2. The molecule has 2 aliphatic rings. The van der Waals surface area contributed by atoms with Gasteiger partial charge in [-0.15, -0.1) is 0 Å². The molecule has 1 unspecified atom stereocenters. The van der Waals surface area contributed by atoms with Crippen LogP contribution < -0.4 is 5.32 Å². The topological polar surface area (TPSA) is 88.6 Å². The number of para-hydroxylation sites is 1. The highest BCUT2D eigenvalue weighted by Gasteiger charge is 2.35. The molecule has 1 N–H and O–H groups in total. The number of carbonyl (C=O) groups excluding carboxylic acids is 3. The van der Waals surface area contributed by atoms with Gasteiger partial charge in [0.1, 0.15) is 0 Å². The van der Waals surface area contributed by atoms with Crippen LogP contribution in [0.2, 0.25) is 0 Å². The van der Waals surface area contributed by atoms with Gasteiger partial charge in [0, 0.05) is 24.2 Å². The van der Waals surface area contributed by atoms with Crippen molar-refractivity contribution in [1.29, 1.82) is 0 Å². The molecule has 7 heteroatoms. The number of amides is 3. The first-order chi connectivity index (χ1) is 14.8. The van der Waals surface area contributed by atoms with Gasteiger partial charge < -0.3 is 10.1 Å². The van der Waals surface area contributed by atoms with Crippen molar-refractivity contribution >= 4 is 28.8 Å². The van der Waals surface area contributed by atoms with Crippen LogP contribution in [0.15, 0.2) is 24.3 Å². The summed E-state index contributed by atoms with van der Waals surface area (Å²) in [6.45, 7) is 6.99. The SMILES string of the molecule is CCC(C)(C)C1CCc2nc3ccccc3c(C(=O)OCC(=O)N3CCNC3=O)c2C1. The van der Waals surface area contributed by atoms with Crippen LogP contribution in [-0.2, 0) is 22.4 Å². The molecule has 1 fully saturated rings. The molecule has 2 aromatic rings. The van der Waals surface area contributed by atoms with Gasteiger partial charge in [-0.1, -0.05) is 45.4 Å². The Bertz CT molecular complexity index is 1050. The zero-order valence-electron chi connectivity index (χ0n) is 18.4. The average molecular weight is 424 g/mol. The van der Waals surface area contributed by atoms with Crippen LogP contribution in [0.3, 0.4) is 0 Å². The number of aromatic nitrogens is 1. The number of nitrogens with zero attached hydrogens (tertiary/aromatic N) is 2. The molecule has 1 aliphatic carbocycles. The number of rotatable bonds is 5. The first-order valence-electron chi connectivity index (χ1n) is 11.0. The molecule has 0 saturated carbocycles. The molecular formula is C24H29N3O4. The van der Waals surface area contributed by atoms with Crippen LogP contribution in [0.5, 0.6) is 0 Å². The quantitative estimate of drug-likeness (QED) is 0.744. The summed E-state index contributed by atoms with van der Waals surface area (Å²) in [4.78, 5) is 43.2. The predicted molar refractivity (Wildman–Crippen MR) is 117 cm³/mol. The zero-order valence-corrected chi connectivity index (χ0v) is 18.4. The van der Waals surface area contributed by atoms with E-state index in [2.05, 4.69) is 26.1 Å². The van der Waals surface area contributed by atoms with E-state index in [1.807, 2.05) is 24.3 Å². The minimum absolute atomic E-state index is 0.156. The monoisotopic (exact) mass is 423 g/mol. The molecule has 31 heavy (non-hydrogen) atoms. The van der Waals surface area contributed by atoms with E-state index in [9.17, 15) is 14.4 Å². The van der Waals surface area contributed by atoms with Crippen LogP contribution in [0.1, 0.15) is 55.2 Å². The molecule has 0 spiro atoms. The first-order valence-corrected chi connectivity index (χ1v) is 11.0. The number of esters is 1. The summed E-state index contributed by atoms with van der Waals surface area (Å²) in [5, 5.41) is 3.32. The van der Waals surface area contributed by atoms with Crippen molar-refractivity contribution in [2.24, 2.45) is 11.3 Å². The highest BCUT2D eigenvalue weighted by molar-refractivity contribution is 6.06. The van der Waals surface area contributed by atoms with E-state index in [4.69, 9.17) is 9.72 Å². The lowest BCUT2D eigenvalue weighted by Crippen LogP contribution is -2.37. The molecule has 0 radical (unpaired) electrons. The van der Waals surface area contributed by atoms with Crippen molar-refractivity contribution in [3.8, 4) is 0 Å². The summed E-state index contributed by atoms with van der Waals surface area (Å²) in [6, 6.07) is 7.11. The van der Waals surface area contributed by atoms with Gasteiger partial charge in [-0.25, -0.2) is 9.59 Å². The fraction of sp³-hybridized carbons (Fsp3) is 0.500. The van der Waals surface area contributed by atoms with E-state index in [-0.39, 0.29) is 12.0 Å². The molecule has 0 bridgehead atoms. The second-order valence-corrected chi connectivity index (χ2v) is 9.06. The Labute approximate surface area is 182 Å². The van der Waals surface area contributed by atoms with Crippen molar-refractivity contribution in [1.82, 2.24) is 15.2 Å². The van der Waals surface area contributed by atoms with Crippen molar-refractivity contribution in [3.05, 3.63) is 41.1 Å². The second kappa shape index (κ2) is 8.29. The summed E-state index contributed by atoms with van der Waals surface area (Å²) in [5.41, 5.74) is 3.30. The Balaban J connectivity index is 1.66. The molecule has 1 saturated heterocycles. The third-order valence-electron chi connectivity index (χ3n) is 6.96. The standard InChI is InChI=1S/C24H29N3O4/c1-4-24(2,3)15-9-10-19-17(13-15)21(16-7-5-6-8-18(16)26-19)22(29)31-14-20(28)27-12-11-25-23(27)30/h5-8,15H,4,9-14H2,1-3H3,(H,25,30). The number of carbonyl (C=O) groups is 3. The number of ether oxygens (including phenoxy) is 1. The lowest BCUT2D eigenvalue weighted by Gasteiger charge is -2.37. The minimum atomic E-state index is -0.530. The highest BCUT2D eigenvalue weighted by Crippen LogP contribution is 2.41. The average Bonchev–Trinajstić information content (AvgIpc) is 3.21. The largest absolute Gasteiger partial charge is 0.452 e. The molecule has 1 atom stereocenters. The molecule has 164 valence electrons. The summed E-state index contributed by atoms with van der Waals surface area (Å²) < 4.78 is 5.43. The third-order valence-corrected chi connectivity index (χ3v) is 6.96. The van der Waals surface area contributed by atoms with E-state index in [0.29, 0.717) is 18.0 Å². The molecule has 1 aromatic heterocycles. The first kappa shape index (κ1) is 21.3. The summed E-state index contributed by atoms with van der Waals surface area (Å²) in [6.07, 6.45) is 3.68. The van der Waals surface area contributed by atoms with Gasteiger partial charge in [0.2, 0.25) is 0 Å². The van der Waals surface area contributed by atoms with Gasteiger partial charge in [0.05, 0.1) is 11.1 Å². The number of nitrogens with one attached hydrogen (secondary N) is 1. The van der Waals surface area contributed by atoms with Crippen molar-refractivity contribution in [3.63, 3.8) is 0 Å². The lowest BCUT2D eigenvalue weighted by atomic mass is 9.68. The van der Waals surface area contributed by atoms with Crippen LogP contribution in [0, 0.1) is 11.3 Å². The van der Waals surface area contributed by atoms with Crippen LogP contribution in [0.25, 0.3) is 10.9 Å². The molecule has 7 nitrogen and oxygen atoms in total. The smallest absolute Gasteiger partial charge is 0.339 e. The highest BCUT2D eigenvalue weighted by atomic mass is 16.5. The fourth-order valence-corrected chi connectivity index (χ4v) is 4.56. The summed E-state index contributed by atoms with van der Waals surface area (Å²) in [5.74, 6) is -0.604. The Morgan fingerprint density at radius 3 is 2.77 bits per heavy atom. The molecule has 1 aliphatic heterocycles. The Hall–Kier alpha value is -2.96. The molecule has 4 rings (SSSR count). The zero-order chi connectivity index (χ0) is 22.2. The maximum Gasteiger partial charge on any atom is 0.339 e. The predicted octanol–water partition coefficient (Wildman–Crippen LogP) is 3.48.